The van der Waals surface area contributed by atoms with Gasteiger partial charge in [-0.15, -0.1) is 0 Å². The van der Waals surface area contributed by atoms with Crippen molar-refractivity contribution in [3.8, 4) is 0 Å². The van der Waals surface area contributed by atoms with Gasteiger partial charge in [0.1, 0.15) is 5.69 Å². The van der Waals surface area contributed by atoms with Gasteiger partial charge in [0.25, 0.3) is 0 Å². The van der Waals surface area contributed by atoms with Crippen molar-refractivity contribution in [2.75, 3.05) is 0 Å². The van der Waals surface area contributed by atoms with Crippen molar-refractivity contribution in [3.63, 3.8) is 0 Å². The number of aliphatic carboxylic acids is 1. The van der Waals surface area contributed by atoms with E-state index in [1.54, 1.807) is 18.3 Å². The third-order valence-corrected chi connectivity index (χ3v) is 3.76. The average molecular weight is 307 g/mol. The van der Waals surface area contributed by atoms with E-state index in [0.29, 0.717) is 5.56 Å². The number of rotatable bonds is 4. The number of carboxylic acids is 1. The molecule has 2 heterocycles. The Bertz CT molecular complexity index is 925. The van der Waals surface area contributed by atoms with Crippen LogP contribution in [0.1, 0.15) is 32.9 Å². The van der Waals surface area contributed by atoms with Crippen molar-refractivity contribution in [3.05, 3.63) is 64.6 Å². The van der Waals surface area contributed by atoms with E-state index in [1.807, 2.05) is 32.0 Å². The fraction of sp³-hybridized carbons (Fsp3) is 0.167. The number of pyridine rings is 1. The summed E-state index contributed by atoms with van der Waals surface area (Å²) in [7, 11) is 0. The number of hydrogen-bond acceptors (Lipinski definition) is 4. The summed E-state index contributed by atoms with van der Waals surface area (Å²) in [4.78, 5) is 31.0. The summed E-state index contributed by atoms with van der Waals surface area (Å²) in [6.45, 7) is 3.79. The van der Waals surface area contributed by atoms with Gasteiger partial charge in [-0.05, 0) is 49.2 Å². The molecule has 0 fully saturated rings. The molecule has 1 aromatic carbocycles. The molecule has 0 spiro atoms. The Morgan fingerprint density at radius 1 is 1.13 bits per heavy atom. The second-order valence-electron chi connectivity index (χ2n) is 5.62. The predicted octanol–water partition coefficient (Wildman–Crippen LogP) is 1.70. The predicted molar refractivity (Wildman–Crippen MR) is 84.2 cm³/mol. The molecule has 0 atom stereocenters. The normalized spacial score (nSPS) is 10.9. The van der Waals surface area contributed by atoms with E-state index in [2.05, 4.69) is 9.97 Å². The number of nitrogens with zero attached hydrogens (tertiary/aromatic N) is 1. The summed E-state index contributed by atoms with van der Waals surface area (Å²) in [6, 6.07) is 9.09. The zero-order valence-electron chi connectivity index (χ0n) is 12.8. The molecule has 3 rings (SSSR count). The Morgan fingerprint density at radius 3 is 2.57 bits per heavy atom. The molecule has 0 radical (unpaired) electrons. The van der Waals surface area contributed by atoms with Gasteiger partial charge in [0.05, 0.1) is 5.69 Å². The number of carboxylic acid groups (broad SMARTS) is 1. The van der Waals surface area contributed by atoms with Crippen LogP contribution in [0.5, 0.6) is 0 Å². The Labute approximate surface area is 133 Å². The molecule has 116 valence electrons. The van der Waals surface area contributed by atoms with Gasteiger partial charge in [0, 0.05) is 29.5 Å². The SMILES string of the molecule is Cc1ccnc(C(=O)c2[nH]c3ccc(C)cc3c2CC(=O)[O-])c1. The van der Waals surface area contributed by atoms with Crippen LogP contribution in [0.15, 0.2) is 36.5 Å². The number of nitrogens with one attached hydrogen (secondary N) is 1. The Morgan fingerprint density at radius 2 is 1.87 bits per heavy atom. The van der Waals surface area contributed by atoms with Crippen LogP contribution >= 0.6 is 0 Å². The van der Waals surface area contributed by atoms with Crippen molar-refractivity contribution < 1.29 is 14.7 Å². The van der Waals surface area contributed by atoms with E-state index in [-0.39, 0.29) is 23.6 Å². The van der Waals surface area contributed by atoms with Crippen molar-refractivity contribution in [2.24, 2.45) is 0 Å². The highest BCUT2D eigenvalue weighted by atomic mass is 16.4. The van der Waals surface area contributed by atoms with E-state index in [4.69, 9.17) is 0 Å². The molecule has 3 aromatic rings. The minimum absolute atomic E-state index is 0.257. The molecular weight excluding hydrogens is 292 g/mol. The van der Waals surface area contributed by atoms with Gasteiger partial charge in [-0.25, -0.2) is 0 Å². The quantitative estimate of drug-likeness (QED) is 0.743. The maximum Gasteiger partial charge on any atom is 0.227 e. The second kappa shape index (κ2) is 5.68. The number of hydrogen-bond donors (Lipinski definition) is 1. The summed E-state index contributed by atoms with van der Waals surface area (Å²) in [5, 5.41) is 11.8. The first kappa shape index (κ1) is 15.0. The monoisotopic (exact) mass is 307 g/mol. The average Bonchev–Trinajstić information content (AvgIpc) is 2.84. The van der Waals surface area contributed by atoms with Crippen LogP contribution in [0.4, 0.5) is 0 Å². The molecule has 1 N–H and O–H groups in total. The highest BCUT2D eigenvalue weighted by Gasteiger charge is 2.20. The largest absolute Gasteiger partial charge is 0.550 e. The standard InChI is InChI=1S/C18H16N2O3/c1-10-3-4-14-12(7-10)13(9-16(21)22)17(20-14)18(23)15-8-11(2)5-6-19-15/h3-8,20H,9H2,1-2H3,(H,21,22)/p-1. The van der Waals surface area contributed by atoms with E-state index < -0.39 is 5.97 Å². The molecule has 0 aliphatic rings. The van der Waals surface area contributed by atoms with E-state index >= 15 is 0 Å². The third kappa shape index (κ3) is 2.85. The highest BCUT2D eigenvalue weighted by molar-refractivity contribution is 6.11. The van der Waals surface area contributed by atoms with Crippen LogP contribution in [-0.4, -0.2) is 21.7 Å². The van der Waals surface area contributed by atoms with Gasteiger partial charge in [-0.3, -0.25) is 9.78 Å². The molecule has 0 amide bonds. The van der Waals surface area contributed by atoms with E-state index in [1.165, 1.54) is 0 Å². The first-order chi connectivity index (χ1) is 11.0. The lowest BCUT2D eigenvalue weighted by Crippen LogP contribution is -2.25. The molecule has 0 unspecified atom stereocenters. The molecule has 5 nitrogen and oxygen atoms in total. The number of aromatic amines is 1. The maximum atomic E-state index is 12.7. The summed E-state index contributed by atoms with van der Waals surface area (Å²) < 4.78 is 0. The second-order valence-corrected chi connectivity index (χ2v) is 5.62. The van der Waals surface area contributed by atoms with Gasteiger partial charge in [0.2, 0.25) is 5.78 Å². The van der Waals surface area contributed by atoms with Gasteiger partial charge in [-0.1, -0.05) is 11.6 Å². The first-order valence-electron chi connectivity index (χ1n) is 7.24. The molecule has 0 bridgehead atoms. The Kier molecular flexibility index (Phi) is 3.70. The van der Waals surface area contributed by atoms with E-state index in [0.717, 1.165) is 22.0 Å². The molecule has 23 heavy (non-hydrogen) atoms. The van der Waals surface area contributed by atoms with Crippen LogP contribution < -0.4 is 5.11 Å². The molecule has 0 aliphatic heterocycles. The van der Waals surface area contributed by atoms with Gasteiger partial charge >= 0.3 is 0 Å². The number of carbonyl (C=O) groups is 2. The van der Waals surface area contributed by atoms with Crippen molar-refractivity contribution in [2.45, 2.75) is 20.3 Å². The number of carbonyl (C=O) groups excluding carboxylic acids is 2. The Hall–Kier alpha value is -2.95. The number of benzene rings is 1. The smallest absolute Gasteiger partial charge is 0.227 e. The van der Waals surface area contributed by atoms with Gasteiger partial charge in [-0.2, -0.15) is 0 Å². The van der Waals surface area contributed by atoms with Crippen molar-refractivity contribution in [1.29, 1.82) is 0 Å². The Balaban J connectivity index is 2.19. The fourth-order valence-corrected chi connectivity index (χ4v) is 2.67. The summed E-state index contributed by atoms with van der Waals surface area (Å²) in [5.74, 6) is -1.54. The third-order valence-electron chi connectivity index (χ3n) is 3.76. The van der Waals surface area contributed by atoms with Crippen molar-refractivity contribution in [1.82, 2.24) is 9.97 Å². The zero-order valence-corrected chi connectivity index (χ0v) is 12.8. The van der Waals surface area contributed by atoms with Crippen LogP contribution in [-0.2, 0) is 11.2 Å². The van der Waals surface area contributed by atoms with Gasteiger partial charge in [0.15, 0.2) is 0 Å². The molecule has 0 saturated heterocycles. The van der Waals surface area contributed by atoms with E-state index in [9.17, 15) is 14.7 Å². The molecule has 2 aromatic heterocycles. The lowest BCUT2D eigenvalue weighted by atomic mass is 10.0. The molecule has 5 heteroatoms. The first-order valence-corrected chi connectivity index (χ1v) is 7.24. The minimum atomic E-state index is -1.22. The minimum Gasteiger partial charge on any atom is -0.550 e. The summed E-state index contributed by atoms with van der Waals surface area (Å²) in [6.07, 6.45) is 1.24. The van der Waals surface area contributed by atoms with Crippen LogP contribution in [0.25, 0.3) is 10.9 Å². The maximum absolute atomic E-state index is 12.7. The number of aromatic nitrogens is 2. The lowest BCUT2D eigenvalue weighted by molar-refractivity contribution is -0.304. The lowest BCUT2D eigenvalue weighted by Gasteiger charge is -2.06. The number of ketones is 1. The topological polar surface area (TPSA) is 85.9 Å². The molecule has 0 saturated carbocycles. The summed E-state index contributed by atoms with van der Waals surface area (Å²) >= 11 is 0. The highest BCUT2D eigenvalue weighted by Crippen LogP contribution is 2.26. The zero-order chi connectivity index (χ0) is 16.6. The fourth-order valence-electron chi connectivity index (χ4n) is 2.67. The number of fused-ring (bicyclic) bond motifs is 1. The molecule has 0 aliphatic carbocycles. The van der Waals surface area contributed by atoms with Crippen LogP contribution in [0, 0.1) is 13.8 Å². The summed E-state index contributed by atoms with van der Waals surface area (Å²) in [5.41, 5.74) is 3.61. The molecular formula is C18H15N2O3-. The number of aryl methyl sites for hydroxylation is 2. The van der Waals surface area contributed by atoms with Crippen molar-refractivity contribution >= 4 is 22.7 Å². The van der Waals surface area contributed by atoms with Crippen LogP contribution in [0.2, 0.25) is 0 Å². The number of H-pyrrole nitrogens is 1. The van der Waals surface area contributed by atoms with Crippen LogP contribution in [0.3, 0.4) is 0 Å². The van der Waals surface area contributed by atoms with Gasteiger partial charge < -0.3 is 14.9 Å².